The van der Waals surface area contributed by atoms with Crippen LogP contribution in [-0.4, -0.2) is 32.2 Å². The lowest BCUT2D eigenvalue weighted by molar-refractivity contribution is 0.0949. The molecule has 3 heterocycles. The van der Waals surface area contributed by atoms with Gasteiger partial charge in [-0.1, -0.05) is 18.6 Å². The van der Waals surface area contributed by atoms with Crippen molar-refractivity contribution in [2.45, 2.75) is 43.4 Å². The second kappa shape index (κ2) is 7.83. The fourth-order valence-electron chi connectivity index (χ4n) is 3.28. The first kappa shape index (κ1) is 17.0. The average Bonchev–Trinajstić information content (AvgIpc) is 3.25. The van der Waals surface area contributed by atoms with E-state index in [-0.39, 0.29) is 5.91 Å². The standard InChI is InChI=1S/C18H22N4OS2/c23-17(13-5-7-14(8-6-13)18-24-10-11-25-18)19-12-16-21-20-15-4-2-1-3-9-22(15)16/h5-8,18H,1-4,9-12H2,(H,19,23). The Kier molecular flexibility index (Phi) is 5.31. The third-order valence-electron chi connectivity index (χ3n) is 4.66. The van der Waals surface area contributed by atoms with Crippen molar-refractivity contribution >= 4 is 29.4 Å². The molecule has 2 aliphatic rings. The van der Waals surface area contributed by atoms with E-state index >= 15 is 0 Å². The van der Waals surface area contributed by atoms with Gasteiger partial charge in [0, 0.05) is 30.0 Å². The summed E-state index contributed by atoms with van der Waals surface area (Å²) < 4.78 is 2.69. The molecule has 5 nitrogen and oxygen atoms in total. The zero-order chi connectivity index (χ0) is 17.1. The van der Waals surface area contributed by atoms with Crippen molar-refractivity contribution in [2.75, 3.05) is 11.5 Å². The van der Waals surface area contributed by atoms with Crippen molar-refractivity contribution in [3.05, 3.63) is 47.0 Å². The molecule has 2 aliphatic heterocycles. The molecule has 1 aromatic carbocycles. The molecule has 0 bridgehead atoms. The summed E-state index contributed by atoms with van der Waals surface area (Å²) in [5.41, 5.74) is 2.00. The average molecular weight is 375 g/mol. The highest BCUT2D eigenvalue weighted by Crippen LogP contribution is 2.45. The number of nitrogens with zero attached hydrogens (tertiary/aromatic N) is 3. The molecule has 0 radical (unpaired) electrons. The third kappa shape index (κ3) is 3.87. The molecule has 4 rings (SSSR count). The van der Waals surface area contributed by atoms with Gasteiger partial charge in [0.25, 0.3) is 5.91 Å². The highest BCUT2D eigenvalue weighted by atomic mass is 32.2. The van der Waals surface area contributed by atoms with E-state index in [9.17, 15) is 4.79 Å². The first-order valence-electron chi connectivity index (χ1n) is 8.83. The van der Waals surface area contributed by atoms with Gasteiger partial charge in [0.2, 0.25) is 0 Å². The quantitative estimate of drug-likeness (QED) is 0.889. The van der Waals surface area contributed by atoms with E-state index in [0.29, 0.717) is 16.7 Å². The van der Waals surface area contributed by atoms with Crippen molar-refractivity contribution < 1.29 is 4.79 Å². The van der Waals surface area contributed by atoms with Gasteiger partial charge in [-0.15, -0.1) is 33.7 Å². The number of aryl methyl sites for hydroxylation is 1. The Bertz CT molecular complexity index is 738. The van der Waals surface area contributed by atoms with Crippen molar-refractivity contribution in [3.63, 3.8) is 0 Å². The normalized spacial score (nSPS) is 17.9. The molecule has 1 N–H and O–H groups in total. The smallest absolute Gasteiger partial charge is 0.251 e. The largest absolute Gasteiger partial charge is 0.345 e. The SMILES string of the molecule is O=C(NCc1nnc2n1CCCCC2)c1ccc(C2SCCS2)cc1. The summed E-state index contributed by atoms with van der Waals surface area (Å²) in [5.74, 6) is 4.28. The van der Waals surface area contributed by atoms with Crippen LogP contribution in [0.15, 0.2) is 24.3 Å². The van der Waals surface area contributed by atoms with Crippen LogP contribution in [0.2, 0.25) is 0 Å². The number of carbonyl (C=O) groups excluding carboxylic acids is 1. The van der Waals surface area contributed by atoms with Crippen LogP contribution >= 0.6 is 23.5 Å². The summed E-state index contributed by atoms with van der Waals surface area (Å²) in [4.78, 5) is 12.4. The van der Waals surface area contributed by atoms with E-state index in [1.165, 1.54) is 29.9 Å². The maximum Gasteiger partial charge on any atom is 0.251 e. The lowest BCUT2D eigenvalue weighted by atomic mass is 10.1. The van der Waals surface area contributed by atoms with Crippen LogP contribution in [-0.2, 0) is 19.5 Å². The van der Waals surface area contributed by atoms with E-state index in [4.69, 9.17) is 0 Å². The van der Waals surface area contributed by atoms with Gasteiger partial charge in [0.15, 0.2) is 5.82 Å². The lowest BCUT2D eigenvalue weighted by Gasteiger charge is -2.10. The second-order valence-corrected chi connectivity index (χ2v) is 9.10. The summed E-state index contributed by atoms with van der Waals surface area (Å²) in [5, 5.41) is 11.5. The summed E-state index contributed by atoms with van der Waals surface area (Å²) in [6.07, 6.45) is 4.55. The van der Waals surface area contributed by atoms with E-state index in [1.54, 1.807) is 0 Å². The molecule has 25 heavy (non-hydrogen) atoms. The molecule has 0 unspecified atom stereocenters. The van der Waals surface area contributed by atoms with Gasteiger partial charge in [0.1, 0.15) is 5.82 Å². The Balaban J connectivity index is 1.38. The number of rotatable bonds is 4. The van der Waals surface area contributed by atoms with E-state index < -0.39 is 0 Å². The number of benzene rings is 1. The number of fused-ring (bicyclic) bond motifs is 1. The Labute approximate surface area is 156 Å². The Morgan fingerprint density at radius 2 is 1.92 bits per heavy atom. The number of amides is 1. The number of nitrogens with one attached hydrogen (secondary N) is 1. The topological polar surface area (TPSA) is 59.8 Å². The fraction of sp³-hybridized carbons (Fsp3) is 0.500. The molecule has 1 amide bonds. The van der Waals surface area contributed by atoms with Gasteiger partial charge >= 0.3 is 0 Å². The van der Waals surface area contributed by atoms with Crippen LogP contribution < -0.4 is 5.32 Å². The highest BCUT2D eigenvalue weighted by molar-refractivity contribution is 8.19. The predicted molar refractivity (Wildman–Crippen MR) is 103 cm³/mol. The van der Waals surface area contributed by atoms with Gasteiger partial charge in [-0.2, -0.15) is 0 Å². The number of hydrogen-bond acceptors (Lipinski definition) is 5. The van der Waals surface area contributed by atoms with Crippen LogP contribution in [0.5, 0.6) is 0 Å². The molecule has 1 aromatic heterocycles. The fourth-order valence-corrected chi connectivity index (χ4v) is 6.14. The molecule has 7 heteroatoms. The minimum atomic E-state index is -0.0516. The van der Waals surface area contributed by atoms with Crippen molar-refractivity contribution in [3.8, 4) is 0 Å². The molecular formula is C18H22N4OS2. The first-order chi connectivity index (χ1) is 12.3. The van der Waals surface area contributed by atoms with Gasteiger partial charge in [-0.3, -0.25) is 4.79 Å². The maximum absolute atomic E-state index is 12.4. The van der Waals surface area contributed by atoms with Crippen LogP contribution in [0.3, 0.4) is 0 Å². The molecule has 1 saturated heterocycles. The van der Waals surface area contributed by atoms with Crippen LogP contribution in [0.1, 0.15) is 51.4 Å². The summed E-state index contributed by atoms with van der Waals surface area (Å²) in [6, 6.07) is 8.00. The monoisotopic (exact) mass is 374 g/mol. The van der Waals surface area contributed by atoms with Crippen LogP contribution in [0, 0.1) is 0 Å². The van der Waals surface area contributed by atoms with Gasteiger partial charge in [0.05, 0.1) is 11.1 Å². The van der Waals surface area contributed by atoms with Gasteiger partial charge in [-0.25, -0.2) is 0 Å². The maximum atomic E-state index is 12.4. The molecule has 0 saturated carbocycles. The highest BCUT2D eigenvalue weighted by Gasteiger charge is 2.19. The number of aromatic nitrogens is 3. The molecule has 2 aromatic rings. The summed E-state index contributed by atoms with van der Waals surface area (Å²) >= 11 is 3.95. The number of hydrogen-bond donors (Lipinski definition) is 1. The van der Waals surface area contributed by atoms with Crippen LogP contribution in [0.25, 0.3) is 0 Å². The molecule has 0 spiro atoms. The lowest BCUT2D eigenvalue weighted by Crippen LogP contribution is -2.25. The zero-order valence-electron chi connectivity index (χ0n) is 14.1. The molecule has 132 valence electrons. The van der Waals surface area contributed by atoms with Crippen molar-refractivity contribution in [2.24, 2.45) is 0 Å². The number of carbonyl (C=O) groups is 1. The first-order valence-corrected chi connectivity index (χ1v) is 10.9. The van der Waals surface area contributed by atoms with Crippen molar-refractivity contribution in [1.82, 2.24) is 20.1 Å². The Morgan fingerprint density at radius 1 is 1.12 bits per heavy atom. The van der Waals surface area contributed by atoms with E-state index in [1.807, 2.05) is 35.7 Å². The van der Waals surface area contributed by atoms with Crippen molar-refractivity contribution in [1.29, 1.82) is 0 Å². The molecular weight excluding hydrogens is 352 g/mol. The molecule has 1 fully saturated rings. The molecule has 0 atom stereocenters. The summed E-state index contributed by atoms with van der Waals surface area (Å²) in [6.45, 7) is 1.39. The minimum Gasteiger partial charge on any atom is -0.345 e. The minimum absolute atomic E-state index is 0.0516. The number of thioether (sulfide) groups is 2. The van der Waals surface area contributed by atoms with E-state index in [2.05, 4.69) is 32.2 Å². The predicted octanol–water partition coefficient (Wildman–Crippen LogP) is 3.41. The van der Waals surface area contributed by atoms with E-state index in [0.717, 1.165) is 31.0 Å². The van der Waals surface area contributed by atoms with Gasteiger partial charge in [-0.05, 0) is 30.5 Å². The zero-order valence-corrected chi connectivity index (χ0v) is 15.7. The third-order valence-corrected chi connectivity index (χ3v) is 7.76. The Morgan fingerprint density at radius 3 is 2.72 bits per heavy atom. The second-order valence-electron chi connectivity index (χ2n) is 6.37. The molecule has 0 aliphatic carbocycles. The summed E-state index contributed by atoms with van der Waals surface area (Å²) in [7, 11) is 0. The van der Waals surface area contributed by atoms with Crippen LogP contribution in [0.4, 0.5) is 0 Å². The Hall–Kier alpha value is -1.47. The van der Waals surface area contributed by atoms with Gasteiger partial charge < -0.3 is 9.88 Å².